The van der Waals surface area contributed by atoms with Crippen molar-refractivity contribution in [3.8, 4) is 0 Å². The van der Waals surface area contributed by atoms with Gasteiger partial charge in [-0.15, -0.1) is 0 Å². The smallest absolute Gasteiger partial charge is 0.304 e. The summed E-state index contributed by atoms with van der Waals surface area (Å²) in [4.78, 5) is 36.4. The van der Waals surface area contributed by atoms with Gasteiger partial charge in [0.1, 0.15) is 0 Å². The summed E-state index contributed by atoms with van der Waals surface area (Å²) >= 11 is 0. The SMILES string of the molecule is O=C(O)CCN(CCC(=O)O)CC(=O)N1CCCC1. The number of hydrogen-bond donors (Lipinski definition) is 2. The van der Waals surface area contributed by atoms with Crippen LogP contribution in [0.2, 0.25) is 0 Å². The van der Waals surface area contributed by atoms with E-state index in [0.29, 0.717) is 0 Å². The third kappa shape index (κ3) is 6.19. The van der Waals surface area contributed by atoms with E-state index in [9.17, 15) is 14.4 Å². The summed E-state index contributed by atoms with van der Waals surface area (Å²) < 4.78 is 0. The number of likely N-dealkylation sites (tertiary alicyclic amines) is 1. The third-order valence-electron chi connectivity index (χ3n) is 3.10. The Kier molecular flexibility index (Phi) is 6.27. The molecule has 1 aliphatic rings. The molecule has 0 aromatic rings. The number of aliphatic carboxylic acids is 2. The van der Waals surface area contributed by atoms with Crippen molar-refractivity contribution >= 4 is 17.8 Å². The van der Waals surface area contributed by atoms with Crippen LogP contribution in [0, 0.1) is 0 Å². The van der Waals surface area contributed by atoms with Gasteiger partial charge in [0.15, 0.2) is 0 Å². The molecule has 1 aliphatic heterocycles. The van der Waals surface area contributed by atoms with Gasteiger partial charge >= 0.3 is 11.9 Å². The van der Waals surface area contributed by atoms with Crippen molar-refractivity contribution in [1.82, 2.24) is 9.80 Å². The fourth-order valence-electron chi connectivity index (χ4n) is 2.04. The number of hydrogen-bond acceptors (Lipinski definition) is 4. The second kappa shape index (κ2) is 7.73. The molecule has 2 N–H and O–H groups in total. The first-order chi connectivity index (χ1) is 8.99. The number of nitrogens with zero attached hydrogens (tertiary/aromatic N) is 2. The van der Waals surface area contributed by atoms with Crippen molar-refractivity contribution in [3.05, 3.63) is 0 Å². The number of carbonyl (C=O) groups is 3. The monoisotopic (exact) mass is 272 g/mol. The van der Waals surface area contributed by atoms with Crippen LogP contribution in [0.25, 0.3) is 0 Å². The normalized spacial score (nSPS) is 14.9. The zero-order valence-corrected chi connectivity index (χ0v) is 10.9. The first-order valence-electron chi connectivity index (χ1n) is 6.42. The molecule has 7 nitrogen and oxygen atoms in total. The second-order valence-electron chi connectivity index (χ2n) is 4.65. The first kappa shape index (κ1) is 15.4. The van der Waals surface area contributed by atoms with Gasteiger partial charge in [0.25, 0.3) is 0 Å². The zero-order chi connectivity index (χ0) is 14.3. The standard InChI is InChI=1S/C12H20N2O5/c15-10(14-5-1-2-6-14)9-13(7-3-11(16)17)8-4-12(18)19/h1-9H2,(H,16,17)(H,18,19). The Morgan fingerprint density at radius 2 is 1.42 bits per heavy atom. The van der Waals surface area contributed by atoms with Gasteiger partial charge in [0, 0.05) is 26.2 Å². The molecule has 0 bridgehead atoms. The van der Waals surface area contributed by atoms with E-state index in [1.54, 1.807) is 9.80 Å². The number of amides is 1. The largest absolute Gasteiger partial charge is 0.481 e. The van der Waals surface area contributed by atoms with Crippen LogP contribution < -0.4 is 0 Å². The fourth-order valence-corrected chi connectivity index (χ4v) is 2.04. The minimum atomic E-state index is -0.950. The molecule has 0 atom stereocenters. The van der Waals surface area contributed by atoms with Crippen molar-refractivity contribution in [3.63, 3.8) is 0 Å². The highest BCUT2D eigenvalue weighted by Crippen LogP contribution is 2.08. The van der Waals surface area contributed by atoms with Crippen molar-refractivity contribution in [2.75, 3.05) is 32.7 Å². The Morgan fingerprint density at radius 3 is 1.84 bits per heavy atom. The van der Waals surface area contributed by atoms with E-state index in [-0.39, 0.29) is 38.4 Å². The summed E-state index contributed by atoms with van der Waals surface area (Å²) in [7, 11) is 0. The van der Waals surface area contributed by atoms with Crippen molar-refractivity contribution in [2.24, 2.45) is 0 Å². The molecule has 1 saturated heterocycles. The molecular formula is C12H20N2O5. The van der Waals surface area contributed by atoms with E-state index >= 15 is 0 Å². The maximum atomic E-state index is 11.9. The van der Waals surface area contributed by atoms with E-state index in [1.165, 1.54) is 0 Å². The number of carbonyl (C=O) groups excluding carboxylic acids is 1. The van der Waals surface area contributed by atoms with Crippen LogP contribution in [0.1, 0.15) is 25.7 Å². The van der Waals surface area contributed by atoms with E-state index in [4.69, 9.17) is 10.2 Å². The minimum absolute atomic E-state index is 0.0479. The lowest BCUT2D eigenvalue weighted by Gasteiger charge is -2.23. The average molecular weight is 272 g/mol. The molecule has 19 heavy (non-hydrogen) atoms. The Labute approximate surface area is 111 Å². The van der Waals surface area contributed by atoms with Crippen LogP contribution in [0.4, 0.5) is 0 Å². The van der Waals surface area contributed by atoms with Crippen LogP contribution in [0.5, 0.6) is 0 Å². The third-order valence-corrected chi connectivity index (χ3v) is 3.10. The Bertz CT molecular complexity index is 321. The fraction of sp³-hybridized carbons (Fsp3) is 0.750. The molecule has 0 aliphatic carbocycles. The van der Waals surface area contributed by atoms with E-state index in [2.05, 4.69) is 0 Å². The van der Waals surface area contributed by atoms with E-state index in [0.717, 1.165) is 25.9 Å². The molecule has 0 aromatic carbocycles. The van der Waals surface area contributed by atoms with Gasteiger partial charge in [-0.2, -0.15) is 0 Å². The molecule has 0 aromatic heterocycles. The topological polar surface area (TPSA) is 98.1 Å². The minimum Gasteiger partial charge on any atom is -0.481 e. The lowest BCUT2D eigenvalue weighted by Crippen LogP contribution is -2.40. The van der Waals surface area contributed by atoms with Gasteiger partial charge in [-0.3, -0.25) is 19.3 Å². The molecule has 108 valence electrons. The van der Waals surface area contributed by atoms with Crippen LogP contribution in [-0.4, -0.2) is 70.6 Å². The summed E-state index contributed by atoms with van der Waals surface area (Å²) in [5.74, 6) is -1.95. The van der Waals surface area contributed by atoms with Crippen molar-refractivity contribution in [2.45, 2.75) is 25.7 Å². The Morgan fingerprint density at radius 1 is 0.947 bits per heavy atom. The Hall–Kier alpha value is -1.63. The first-order valence-corrected chi connectivity index (χ1v) is 6.42. The molecule has 0 saturated carbocycles. The number of rotatable bonds is 8. The average Bonchev–Trinajstić information content (AvgIpc) is 2.85. The van der Waals surface area contributed by atoms with Gasteiger partial charge < -0.3 is 15.1 Å². The van der Waals surface area contributed by atoms with Crippen LogP contribution in [0.3, 0.4) is 0 Å². The molecule has 7 heteroatoms. The highest BCUT2D eigenvalue weighted by Gasteiger charge is 2.21. The van der Waals surface area contributed by atoms with Gasteiger partial charge in [0.05, 0.1) is 19.4 Å². The quantitative estimate of drug-likeness (QED) is 0.638. The van der Waals surface area contributed by atoms with Gasteiger partial charge in [-0.05, 0) is 12.8 Å². The predicted molar refractivity (Wildman–Crippen MR) is 66.8 cm³/mol. The zero-order valence-electron chi connectivity index (χ0n) is 10.9. The highest BCUT2D eigenvalue weighted by molar-refractivity contribution is 5.78. The molecule has 1 amide bonds. The van der Waals surface area contributed by atoms with Crippen LogP contribution in [0.15, 0.2) is 0 Å². The molecule has 0 unspecified atom stereocenters. The lowest BCUT2D eigenvalue weighted by molar-refractivity contribution is -0.139. The summed E-state index contributed by atoms with van der Waals surface area (Å²) in [6, 6.07) is 0. The van der Waals surface area contributed by atoms with Crippen molar-refractivity contribution in [1.29, 1.82) is 0 Å². The van der Waals surface area contributed by atoms with Crippen molar-refractivity contribution < 1.29 is 24.6 Å². The van der Waals surface area contributed by atoms with Crippen LogP contribution >= 0.6 is 0 Å². The lowest BCUT2D eigenvalue weighted by atomic mass is 10.3. The molecule has 1 fully saturated rings. The van der Waals surface area contributed by atoms with Gasteiger partial charge in [0.2, 0.25) is 5.91 Å². The number of carboxylic acid groups (broad SMARTS) is 2. The maximum absolute atomic E-state index is 11.9. The summed E-state index contributed by atoms with van der Waals surface area (Å²) in [5.41, 5.74) is 0. The summed E-state index contributed by atoms with van der Waals surface area (Å²) in [6.45, 7) is 1.97. The number of carboxylic acids is 2. The van der Waals surface area contributed by atoms with Crippen LogP contribution in [-0.2, 0) is 14.4 Å². The molecule has 0 spiro atoms. The van der Waals surface area contributed by atoms with E-state index < -0.39 is 11.9 Å². The van der Waals surface area contributed by atoms with E-state index in [1.807, 2.05) is 0 Å². The van der Waals surface area contributed by atoms with Gasteiger partial charge in [-0.25, -0.2) is 0 Å². The molecule has 1 rings (SSSR count). The predicted octanol–water partition coefficient (Wildman–Crippen LogP) is -0.140. The molecule has 0 radical (unpaired) electrons. The highest BCUT2D eigenvalue weighted by atomic mass is 16.4. The maximum Gasteiger partial charge on any atom is 0.304 e. The molecular weight excluding hydrogens is 252 g/mol. The molecule has 1 heterocycles. The summed E-state index contributed by atoms with van der Waals surface area (Å²) in [6.07, 6.45) is 1.81. The van der Waals surface area contributed by atoms with Gasteiger partial charge in [-0.1, -0.05) is 0 Å². The second-order valence-corrected chi connectivity index (χ2v) is 4.65. The summed E-state index contributed by atoms with van der Waals surface area (Å²) in [5, 5.41) is 17.3. The Balaban J connectivity index is 2.43.